The maximum Gasteiger partial charge on any atom is 0.470 e. The fraction of sp³-hybridized carbons (Fsp3) is 0.938. The molecule has 22 nitrogen and oxygen atoms in total. The summed E-state index contributed by atoms with van der Waals surface area (Å²) in [4.78, 5) is 90.9. The molecule has 0 aromatic rings. The summed E-state index contributed by atoms with van der Waals surface area (Å²) in [7, 11) is -5.55. The van der Waals surface area contributed by atoms with Gasteiger partial charge in [0.05, 0.1) is 38.6 Å². The summed E-state index contributed by atoms with van der Waals surface area (Å²) in [6.07, 6.45) is 31.8. The Labute approximate surface area is 622 Å². The van der Waals surface area contributed by atoms with E-state index in [1.54, 1.807) is 0 Å². The van der Waals surface area contributed by atoms with Gasteiger partial charge in [-0.25, -0.2) is 4.57 Å². The molecule has 2 fully saturated rings. The highest BCUT2D eigenvalue weighted by molar-refractivity contribution is 7.46. The van der Waals surface area contributed by atoms with Crippen LogP contribution in [0.3, 0.4) is 0 Å². The molecular formula is C80H151N2O20P. The van der Waals surface area contributed by atoms with Crippen LogP contribution in [-0.4, -0.2) is 158 Å². The number of esters is 3. The van der Waals surface area contributed by atoms with Crippen LogP contribution in [0.2, 0.25) is 0 Å². The Bertz CT molecular complexity index is 2140. The van der Waals surface area contributed by atoms with E-state index in [9.17, 15) is 63.9 Å². The minimum atomic E-state index is -5.55. The highest BCUT2D eigenvalue weighted by Crippen LogP contribution is 2.43. The molecule has 0 saturated carbocycles. The van der Waals surface area contributed by atoms with E-state index in [4.69, 9.17) is 32.9 Å². The third-order valence-corrected chi connectivity index (χ3v) is 20.9. The Morgan fingerprint density at radius 2 is 0.757 bits per heavy atom. The van der Waals surface area contributed by atoms with Crippen molar-refractivity contribution in [2.24, 2.45) is 0 Å². The van der Waals surface area contributed by atoms with E-state index in [2.05, 4.69) is 45.3 Å². The number of hydrogen-bond acceptors (Lipinski definition) is 18. The molecular weight excluding hydrogens is 1340 g/mol. The summed E-state index contributed by atoms with van der Waals surface area (Å²) in [5.74, 6) is -3.46. The molecule has 0 radical (unpaired) electrons. The van der Waals surface area contributed by atoms with Gasteiger partial charge >= 0.3 is 25.7 Å². The van der Waals surface area contributed by atoms with Gasteiger partial charge in [0.2, 0.25) is 11.8 Å². The number of amides is 2. The van der Waals surface area contributed by atoms with Gasteiger partial charge in [-0.1, -0.05) is 311 Å². The summed E-state index contributed by atoms with van der Waals surface area (Å²) >= 11 is 0. The van der Waals surface area contributed by atoms with Crippen LogP contribution in [0.25, 0.3) is 0 Å². The van der Waals surface area contributed by atoms with E-state index in [0.717, 1.165) is 154 Å². The van der Waals surface area contributed by atoms with Crippen molar-refractivity contribution in [3.63, 3.8) is 0 Å². The van der Waals surface area contributed by atoms with Gasteiger partial charge in [-0.3, -0.25) is 28.5 Å². The van der Waals surface area contributed by atoms with E-state index in [1.807, 2.05) is 0 Å². The highest BCUT2D eigenvalue weighted by Gasteiger charge is 2.53. The predicted molar refractivity (Wildman–Crippen MR) is 403 cm³/mol. The number of hydrogen-bond donors (Lipinski definition) is 9. The number of aliphatic hydroxyl groups excluding tert-OH is 5. The molecule has 0 aliphatic carbocycles. The molecule has 2 saturated heterocycles. The van der Waals surface area contributed by atoms with E-state index >= 15 is 0 Å². The van der Waals surface area contributed by atoms with Gasteiger partial charge in [0.15, 0.2) is 18.7 Å². The van der Waals surface area contributed by atoms with Crippen molar-refractivity contribution in [3.05, 3.63) is 0 Å². The number of ether oxygens (including phenoxy) is 6. The van der Waals surface area contributed by atoms with Gasteiger partial charge in [-0.05, 0) is 44.9 Å². The zero-order chi connectivity index (χ0) is 75.6. The number of phosphoric acid groups is 1. The van der Waals surface area contributed by atoms with Crippen LogP contribution < -0.4 is 10.6 Å². The van der Waals surface area contributed by atoms with E-state index in [1.165, 1.54) is 116 Å². The minimum absolute atomic E-state index is 0.130. The maximum atomic E-state index is 14.8. The molecule has 606 valence electrons. The molecule has 2 amide bonds. The van der Waals surface area contributed by atoms with E-state index in [-0.39, 0.29) is 19.3 Å². The van der Waals surface area contributed by atoms with E-state index < -0.39 is 143 Å². The average Bonchev–Trinajstić information content (AvgIpc) is 0.783. The number of carbonyl (C=O) groups excluding carboxylic acids is 5. The molecule has 2 heterocycles. The quantitative estimate of drug-likeness (QED) is 0.0118. The Morgan fingerprint density at radius 1 is 0.408 bits per heavy atom. The summed E-state index contributed by atoms with van der Waals surface area (Å²) in [6.45, 7) is 9.17. The lowest BCUT2D eigenvalue weighted by Crippen LogP contribution is -2.67. The van der Waals surface area contributed by atoms with Crippen LogP contribution >= 0.6 is 7.82 Å². The van der Waals surface area contributed by atoms with Crippen molar-refractivity contribution in [2.45, 2.75) is 467 Å². The van der Waals surface area contributed by atoms with Gasteiger partial charge in [0, 0.05) is 12.8 Å². The molecule has 0 aromatic carbocycles. The van der Waals surface area contributed by atoms with Crippen LogP contribution in [0, 0.1) is 0 Å². The number of carbonyl (C=O) groups is 5. The monoisotopic (exact) mass is 1490 g/mol. The fourth-order valence-electron chi connectivity index (χ4n) is 14.1. The number of aliphatic hydroxyl groups is 5. The van der Waals surface area contributed by atoms with Gasteiger partial charge in [-0.15, -0.1) is 0 Å². The van der Waals surface area contributed by atoms with Gasteiger partial charge in [-0.2, -0.15) is 0 Å². The molecule has 2 aliphatic heterocycles. The van der Waals surface area contributed by atoms with Crippen molar-refractivity contribution < 1.29 is 96.8 Å². The number of rotatable bonds is 69. The molecule has 2 rings (SSSR count). The summed E-state index contributed by atoms with van der Waals surface area (Å²) in [5.41, 5.74) is 0. The summed E-state index contributed by atoms with van der Waals surface area (Å²) in [5, 5.41) is 61.2. The summed E-state index contributed by atoms with van der Waals surface area (Å²) in [6, 6.07) is -3.31. The average molecular weight is 1490 g/mol. The van der Waals surface area contributed by atoms with Crippen molar-refractivity contribution in [1.29, 1.82) is 0 Å². The zero-order valence-electron chi connectivity index (χ0n) is 65.2. The van der Waals surface area contributed by atoms with Crippen LogP contribution in [0.15, 0.2) is 0 Å². The van der Waals surface area contributed by atoms with Crippen molar-refractivity contribution in [1.82, 2.24) is 10.6 Å². The third-order valence-electron chi connectivity index (χ3n) is 20.3. The molecule has 2 aliphatic rings. The second-order valence-electron chi connectivity index (χ2n) is 30.0. The van der Waals surface area contributed by atoms with Crippen LogP contribution in [0.1, 0.15) is 388 Å². The Kier molecular flexibility index (Phi) is 58.8. The second kappa shape index (κ2) is 63.0. The smallest absolute Gasteiger partial charge is 0.462 e. The van der Waals surface area contributed by atoms with Crippen LogP contribution in [0.4, 0.5) is 0 Å². The topological polar surface area (TPSA) is 333 Å². The molecule has 103 heavy (non-hydrogen) atoms. The largest absolute Gasteiger partial charge is 0.470 e. The normalized spacial score (nSPS) is 21.6. The first-order valence-corrected chi connectivity index (χ1v) is 43.5. The number of unbranched alkanes of at least 4 members (excludes halogenated alkanes) is 42. The standard InChI is InChI=1S/C80H151N2O20P/c1-6-11-16-21-26-31-32-37-42-47-52-57-71(88)98-65(55-50-45-40-35-29-24-19-14-9-4)60-72(89)101-78-74(82-69(86)59-64(54-49-44-39-34-28-23-18-13-8-3)97-70(87)56-51-46-41-36-30-25-20-15-10-5)80(100-66(61-83)77(78)102-103(93,94)95)96-62-67-75(90)76(91)73(79(92)99-67)81-68(85)58-63(84)53-48-43-38-33-27-22-17-12-7-2/h63-67,73-80,83-84,90-92H,6-62H2,1-5H3,(H,81,85)(H,82,86)(H2,93,94,95)/t63-,64-,65-,66?,67?,73?,74?,75-,76-,77-,78-,79?,80-/m1/s1. The first-order chi connectivity index (χ1) is 49.8. The van der Waals surface area contributed by atoms with Crippen LogP contribution in [-0.2, 0) is 61.5 Å². The Balaban J connectivity index is 2.53. The predicted octanol–water partition coefficient (Wildman–Crippen LogP) is 16.3. The SMILES string of the molecule is CCCCCCCCCCCCCC(=O)O[C@H](CCCCCCCCCCC)CC(=O)O[C@@H]1C(NC(=O)C[C@@H](CCCCCCCCCCC)OC(=O)CCCCCCCCCCC)[C@H](OCC2OC(O)C(NC(=O)C[C@H](O)CCCCCCCCCCC)[C@@H](O)[C@@H]2O)OC(CO)[C@H]1OP(=O)(O)O. The summed E-state index contributed by atoms with van der Waals surface area (Å²) < 4.78 is 54.7. The molecule has 13 atom stereocenters. The lowest BCUT2D eigenvalue weighted by Gasteiger charge is -2.46. The Morgan fingerprint density at radius 3 is 1.15 bits per heavy atom. The fourth-order valence-corrected chi connectivity index (χ4v) is 14.6. The number of phosphoric ester groups is 1. The second-order valence-corrected chi connectivity index (χ2v) is 31.2. The first kappa shape index (κ1) is 96.2. The van der Waals surface area contributed by atoms with Crippen LogP contribution in [0.5, 0.6) is 0 Å². The molecule has 9 N–H and O–H groups in total. The maximum absolute atomic E-state index is 14.8. The molecule has 0 aromatic heterocycles. The minimum Gasteiger partial charge on any atom is -0.462 e. The van der Waals surface area contributed by atoms with Gasteiger partial charge in [0.25, 0.3) is 0 Å². The lowest BCUT2D eigenvalue weighted by molar-refractivity contribution is -0.297. The molecule has 0 bridgehead atoms. The third kappa shape index (κ3) is 49.0. The molecule has 0 spiro atoms. The molecule has 23 heteroatoms. The number of nitrogens with one attached hydrogen (secondary N) is 2. The van der Waals surface area contributed by atoms with Crippen molar-refractivity contribution in [3.8, 4) is 0 Å². The highest BCUT2D eigenvalue weighted by atomic mass is 31.2. The van der Waals surface area contributed by atoms with Gasteiger partial charge < -0.3 is 74.4 Å². The lowest BCUT2D eigenvalue weighted by atomic mass is 9.95. The Hall–Kier alpha value is -2.86. The van der Waals surface area contributed by atoms with Crippen molar-refractivity contribution >= 4 is 37.5 Å². The van der Waals surface area contributed by atoms with E-state index in [0.29, 0.717) is 51.4 Å². The van der Waals surface area contributed by atoms with Crippen molar-refractivity contribution in [2.75, 3.05) is 13.2 Å². The zero-order valence-corrected chi connectivity index (χ0v) is 66.1. The first-order valence-electron chi connectivity index (χ1n) is 42.0. The van der Waals surface area contributed by atoms with Gasteiger partial charge in [0.1, 0.15) is 54.8 Å². The molecule has 5 unspecified atom stereocenters.